The van der Waals surface area contributed by atoms with Crippen molar-refractivity contribution >= 4 is 27.5 Å². The number of carbonyl (C=O) groups is 1. The van der Waals surface area contributed by atoms with E-state index in [0.717, 1.165) is 24.6 Å². The molecule has 70 valence electrons. The molecule has 0 radical (unpaired) electrons. The molecule has 0 bridgehead atoms. The lowest BCUT2D eigenvalue weighted by molar-refractivity contribution is -0.131. The molecule has 2 N–H and O–H groups in total. The van der Waals surface area contributed by atoms with Crippen LogP contribution in [-0.4, -0.2) is 41.4 Å². The van der Waals surface area contributed by atoms with Gasteiger partial charge in [0.2, 0.25) is 5.91 Å². The fraction of sp³-hybridized carbons (Fsp3) is 0.857. The molecule has 0 aromatic heterocycles. The molecule has 0 aromatic carbocycles. The molecule has 1 aliphatic heterocycles. The van der Waals surface area contributed by atoms with Crippen molar-refractivity contribution in [2.45, 2.75) is 13.0 Å². The zero-order valence-electron chi connectivity index (χ0n) is 7.16. The van der Waals surface area contributed by atoms with Crippen LogP contribution in [0.15, 0.2) is 0 Å². The number of rotatable bonds is 1. The number of carbonyl (C=O) groups excluding carboxylic acids is 1. The van der Waals surface area contributed by atoms with Crippen LogP contribution in [0.25, 0.3) is 0 Å². The van der Waals surface area contributed by atoms with Gasteiger partial charge in [-0.1, -0.05) is 21.6 Å². The largest absolute Gasteiger partial charge is 0.340 e. The average Bonchev–Trinajstić information content (AvgIpc) is 2.30. The van der Waals surface area contributed by atoms with Gasteiger partial charge in [-0.3, -0.25) is 4.79 Å². The highest BCUT2D eigenvalue weighted by atomic mass is 33.1. The molecule has 0 saturated carbocycles. The Labute approximate surface area is 80.8 Å². The quantitative estimate of drug-likeness (QED) is 0.637. The van der Waals surface area contributed by atoms with Crippen LogP contribution in [0, 0.1) is 0 Å². The van der Waals surface area contributed by atoms with Crippen molar-refractivity contribution in [2.24, 2.45) is 5.73 Å². The van der Waals surface area contributed by atoms with E-state index in [2.05, 4.69) is 0 Å². The SMILES string of the molecule is C[C@@H](N)C(=O)N1CCSSCC1. The lowest BCUT2D eigenvalue weighted by atomic mass is 10.3. The van der Waals surface area contributed by atoms with Crippen molar-refractivity contribution in [3.8, 4) is 0 Å². The van der Waals surface area contributed by atoms with Crippen LogP contribution in [-0.2, 0) is 4.79 Å². The maximum absolute atomic E-state index is 11.4. The Balaban J connectivity index is 2.43. The highest BCUT2D eigenvalue weighted by molar-refractivity contribution is 8.76. The minimum absolute atomic E-state index is 0.0816. The van der Waals surface area contributed by atoms with E-state index in [1.165, 1.54) is 0 Å². The topological polar surface area (TPSA) is 46.3 Å². The Bertz CT molecular complexity index is 155. The molecule has 1 amide bonds. The van der Waals surface area contributed by atoms with E-state index in [1.54, 1.807) is 6.92 Å². The summed E-state index contributed by atoms with van der Waals surface area (Å²) < 4.78 is 0. The standard InChI is InChI=1S/C7H14N2OS2/c1-6(8)7(10)9-2-4-11-12-5-3-9/h6H,2-5,8H2,1H3/t6-/m1/s1. The maximum atomic E-state index is 11.4. The Morgan fingerprint density at radius 3 is 2.33 bits per heavy atom. The highest BCUT2D eigenvalue weighted by Gasteiger charge is 2.18. The summed E-state index contributed by atoms with van der Waals surface area (Å²) in [5.74, 6) is 2.12. The molecule has 0 spiro atoms. The molecule has 1 aliphatic rings. The number of nitrogens with zero attached hydrogens (tertiary/aromatic N) is 1. The van der Waals surface area contributed by atoms with E-state index in [4.69, 9.17) is 5.73 Å². The first-order valence-electron chi connectivity index (χ1n) is 4.00. The second-order valence-corrected chi connectivity index (χ2v) is 5.46. The normalized spacial score (nSPS) is 21.7. The molecule has 0 unspecified atom stereocenters. The fourth-order valence-electron chi connectivity index (χ4n) is 1.03. The van der Waals surface area contributed by atoms with E-state index >= 15 is 0 Å². The van der Waals surface area contributed by atoms with Gasteiger partial charge in [-0.15, -0.1) is 0 Å². The van der Waals surface area contributed by atoms with Crippen LogP contribution in [0.1, 0.15) is 6.92 Å². The van der Waals surface area contributed by atoms with Crippen LogP contribution in [0.3, 0.4) is 0 Å². The Hall–Kier alpha value is 0.130. The van der Waals surface area contributed by atoms with Gasteiger partial charge in [-0.25, -0.2) is 0 Å². The molecule has 0 aromatic rings. The molecule has 5 heteroatoms. The van der Waals surface area contributed by atoms with Crippen LogP contribution < -0.4 is 5.73 Å². The monoisotopic (exact) mass is 206 g/mol. The molecular weight excluding hydrogens is 192 g/mol. The maximum Gasteiger partial charge on any atom is 0.239 e. The predicted molar refractivity (Wildman–Crippen MR) is 55.1 cm³/mol. The van der Waals surface area contributed by atoms with Crippen molar-refractivity contribution in [1.29, 1.82) is 0 Å². The van der Waals surface area contributed by atoms with Crippen molar-refractivity contribution in [2.75, 3.05) is 24.6 Å². The highest BCUT2D eigenvalue weighted by Crippen LogP contribution is 2.23. The van der Waals surface area contributed by atoms with E-state index in [0.29, 0.717) is 0 Å². The van der Waals surface area contributed by atoms with E-state index in [9.17, 15) is 4.79 Å². The van der Waals surface area contributed by atoms with Crippen LogP contribution >= 0.6 is 21.6 Å². The van der Waals surface area contributed by atoms with Crippen molar-refractivity contribution < 1.29 is 4.79 Å². The van der Waals surface area contributed by atoms with Crippen LogP contribution in [0.5, 0.6) is 0 Å². The zero-order chi connectivity index (χ0) is 8.97. The summed E-state index contributed by atoms with van der Waals surface area (Å²) in [7, 11) is 3.66. The van der Waals surface area contributed by atoms with Crippen LogP contribution in [0.2, 0.25) is 0 Å². The van der Waals surface area contributed by atoms with E-state index < -0.39 is 0 Å². The van der Waals surface area contributed by atoms with Gasteiger partial charge < -0.3 is 10.6 Å². The first kappa shape index (κ1) is 10.2. The van der Waals surface area contributed by atoms with E-state index in [-0.39, 0.29) is 11.9 Å². The summed E-state index contributed by atoms with van der Waals surface area (Å²) >= 11 is 0. The molecule has 1 saturated heterocycles. The smallest absolute Gasteiger partial charge is 0.239 e. The molecular formula is C7H14N2OS2. The van der Waals surface area contributed by atoms with Gasteiger partial charge >= 0.3 is 0 Å². The lowest BCUT2D eigenvalue weighted by Gasteiger charge is -2.21. The summed E-state index contributed by atoms with van der Waals surface area (Å²) in [6, 6.07) is -0.349. The average molecular weight is 206 g/mol. The molecule has 1 rings (SSSR count). The summed E-state index contributed by atoms with van der Waals surface area (Å²) in [6.07, 6.45) is 0. The molecule has 1 atom stereocenters. The summed E-state index contributed by atoms with van der Waals surface area (Å²) in [4.78, 5) is 13.3. The number of hydrogen-bond donors (Lipinski definition) is 1. The third-order valence-electron chi connectivity index (χ3n) is 1.67. The van der Waals surface area contributed by atoms with Crippen LogP contribution in [0.4, 0.5) is 0 Å². The van der Waals surface area contributed by atoms with Crippen molar-refractivity contribution in [1.82, 2.24) is 4.90 Å². The molecule has 1 fully saturated rings. The third-order valence-corrected chi connectivity index (χ3v) is 4.04. The summed E-state index contributed by atoms with van der Waals surface area (Å²) in [5, 5.41) is 0. The lowest BCUT2D eigenvalue weighted by Crippen LogP contribution is -2.43. The van der Waals surface area contributed by atoms with Crippen molar-refractivity contribution in [3.63, 3.8) is 0 Å². The van der Waals surface area contributed by atoms with Crippen molar-refractivity contribution in [3.05, 3.63) is 0 Å². The first-order chi connectivity index (χ1) is 5.72. The summed E-state index contributed by atoms with van der Waals surface area (Å²) in [5.41, 5.74) is 5.51. The Morgan fingerprint density at radius 1 is 1.42 bits per heavy atom. The second kappa shape index (κ2) is 4.99. The molecule has 12 heavy (non-hydrogen) atoms. The third kappa shape index (κ3) is 2.88. The first-order valence-corrected chi connectivity index (χ1v) is 6.49. The number of amides is 1. The van der Waals surface area contributed by atoms with Gasteiger partial charge in [0.25, 0.3) is 0 Å². The van der Waals surface area contributed by atoms with Gasteiger partial charge in [0, 0.05) is 24.6 Å². The predicted octanol–water partition coefficient (Wildman–Crippen LogP) is 0.557. The Morgan fingerprint density at radius 2 is 1.92 bits per heavy atom. The minimum Gasteiger partial charge on any atom is -0.340 e. The number of nitrogens with two attached hydrogens (primary N) is 1. The minimum atomic E-state index is -0.349. The molecule has 1 heterocycles. The van der Waals surface area contributed by atoms with E-state index in [1.807, 2.05) is 26.5 Å². The number of hydrogen-bond acceptors (Lipinski definition) is 4. The summed E-state index contributed by atoms with van der Waals surface area (Å²) in [6.45, 7) is 3.43. The second-order valence-electron chi connectivity index (χ2n) is 2.76. The van der Waals surface area contributed by atoms with Gasteiger partial charge in [0.1, 0.15) is 0 Å². The molecule has 3 nitrogen and oxygen atoms in total. The fourth-order valence-corrected chi connectivity index (χ4v) is 3.01. The van der Waals surface area contributed by atoms with Gasteiger partial charge in [-0.05, 0) is 6.92 Å². The zero-order valence-corrected chi connectivity index (χ0v) is 8.79. The Kier molecular flexibility index (Phi) is 4.25. The molecule has 0 aliphatic carbocycles. The van der Waals surface area contributed by atoms with Gasteiger partial charge in [0.15, 0.2) is 0 Å². The van der Waals surface area contributed by atoms with Gasteiger partial charge in [-0.2, -0.15) is 0 Å². The van der Waals surface area contributed by atoms with Gasteiger partial charge in [0.05, 0.1) is 6.04 Å².